The Kier molecular flexibility index (Phi) is 13.8. The highest BCUT2D eigenvalue weighted by atomic mass is 16.5. The molecule has 2 amide bonds. The maximum atomic E-state index is 10.7. The number of nitrogens with zero attached hydrogens (tertiary/aromatic N) is 1. The third kappa shape index (κ3) is 14.2. The number of hydrazine groups is 2. The van der Waals surface area contributed by atoms with Gasteiger partial charge in [0.05, 0.1) is 65.1 Å². The molecule has 0 aliphatic carbocycles. The summed E-state index contributed by atoms with van der Waals surface area (Å²) in [5.41, 5.74) is 6.94. The van der Waals surface area contributed by atoms with Crippen LogP contribution in [-0.4, -0.2) is 89.3 Å². The first-order valence-electron chi connectivity index (χ1n) is 9.37. The van der Waals surface area contributed by atoms with Crippen molar-refractivity contribution in [3.63, 3.8) is 0 Å². The largest absolute Gasteiger partial charge is 0.377 e. The van der Waals surface area contributed by atoms with E-state index in [9.17, 15) is 9.59 Å². The smallest absolute Gasteiger partial charge is 0.216 e. The Hall–Kier alpha value is -1.92. The van der Waals surface area contributed by atoms with Crippen molar-refractivity contribution in [2.45, 2.75) is 13.8 Å². The van der Waals surface area contributed by atoms with Gasteiger partial charge in [-0.15, -0.1) is 5.53 Å². The summed E-state index contributed by atoms with van der Waals surface area (Å²) in [5, 5.41) is 7.19. The van der Waals surface area contributed by atoms with E-state index < -0.39 is 0 Å². The monoisotopic (exact) mass is 403 g/mol. The van der Waals surface area contributed by atoms with Gasteiger partial charge in [-0.05, 0) is 0 Å². The number of hydrogen-bond acceptors (Lipinski definition) is 9. The third-order valence-electron chi connectivity index (χ3n) is 3.39. The molecule has 0 fully saturated rings. The molecule has 1 heterocycles. The van der Waals surface area contributed by atoms with Gasteiger partial charge in [0.25, 0.3) is 0 Å². The van der Waals surface area contributed by atoms with Crippen molar-refractivity contribution in [3.05, 3.63) is 11.9 Å². The molecule has 0 spiro atoms. The molecule has 0 aromatic rings. The van der Waals surface area contributed by atoms with Gasteiger partial charge < -0.3 is 35.0 Å². The molecule has 0 bridgehead atoms. The summed E-state index contributed by atoms with van der Waals surface area (Å²) in [6.07, 6.45) is 1.92. The topological polar surface area (TPSA) is 122 Å². The number of nitrogens with one attached hydrogen (secondary N) is 4. The van der Waals surface area contributed by atoms with Crippen molar-refractivity contribution >= 4 is 11.8 Å². The van der Waals surface area contributed by atoms with Crippen LogP contribution in [0.1, 0.15) is 13.8 Å². The molecular formula is C17H33N5O6. The Balaban J connectivity index is 1.89. The van der Waals surface area contributed by atoms with Gasteiger partial charge in [-0.25, -0.2) is 0 Å². The van der Waals surface area contributed by atoms with Gasteiger partial charge in [-0.2, -0.15) is 0 Å². The Morgan fingerprint density at radius 2 is 1.39 bits per heavy atom. The van der Waals surface area contributed by atoms with E-state index in [0.29, 0.717) is 72.5 Å². The van der Waals surface area contributed by atoms with Gasteiger partial charge in [0, 0.05) is 33.1 Å². The van der Waals surface area contributed by atoms with E-state index in [1.54, 1.807) is 0 Å². The van der Waals surface area contributed by atoms with Crippen LogP contribution in [0.3, 0.4) is 0 Å². The maximum absolute atomic E-state index is 10.7. The molecule has 28 heavy (non-hydrogen) atoms. The lowest BCUT2D eigenvalue weighted by Crippen LogP contribution is -2.38. The molecular weight excluding hydrogens is 370 g/mol. The van der Waals surface area contributed by atoms with E-state index in [-0.39, 0.29) is 11.8 Å². The standard InChI is InChI=1S/C17H33N5O6/c1-15(23)18-3-6-25-9-10-27-8-5-22-13-17(20-21-22)14-28-12-11-26-7-4-19-16(2)24/h13,20-21H,3-12,14H2,1-2H3,(H,18,23)(H,19,24). The molecule has 0 saturated heterocycles. The maximum Gasteiger partial charge on any atom is 0.216 e. The van der Waals surface area contributed by atoms with Crippen LogP contribution in [0.15, 0.2) is 11.9 Å². The number of rotatable bonds is 17. The summed E-state index contributed by atoms with van der Waals surface area (Å²) in [5.74, 6) is -0.120. The molecule has 0 atom stereocenters. The molecule has 4 N–H and O–H groups in total. The van der Waals surface area contributed by atoms with E-state index in [0.717, 1.165) is 5.70 Å². The van der Waals surface area contributed by atoms with Gasteiger partial charge in [0.2, 0.25) is 11.8 Å². The van der Waals surface area contributed by atoms with Gasteiger partial charge in [-0.1, -0.05) is 0 Å². The Bertz CT molecular complexity index is 477. The highest BCUT2D eigenvalue weighted by Crippen LogP contribution is 2.00. The van der Waals surface area contributed by atoms with Crippen molar-refractivity contribution in [1.82, 2.24) is 26.6 Å². The minimum atomic E-state index is -0.0615. The zero-order valence-electron chi connectivity index (χ0n) is 16.8. The molecule has 0 aromatic heterocycles. The van der Waals surface area contributed by atoms with Crippen LogP contribution >= 0.6 is 0 Å². The molecule has 1 aliphatic rings. The highest BCUT2D eigenvalue weighted by molar-refractivity contribution is 5.73. The van der Waals surface area contributed by atoms with Crippen molar-refractivity contribution in [2.24, 2.45) is 0 Å². The zero-order chi connectivity index (χ0) is 20.5. The summed E-state index contributed by atoms with van der Waals surface area (Å²) in [4.78, 5) is 21.3. The second kappa shape index (κ2) is 16.1. The van der Waals surface area contributed by atoms with Crippen LogP contribution in [-0.2, 0) is 28.5 Å². The average Bonchev–Trinajstić information content (AvgIpc) is 3.09. The molecule has 0 saturated carbocycles. The third-order valence-corrected chi connectivity index (χ3v) is 3.39. The van der Waals surface area contributed by atoms with Crippen LogP contribution in [0.4, 0.5) is 0 Å². The van der Waals surface area contributed by atoms with Crippen molar-refractivity contribution in [1.29, 1.82) is 0 Å². The van der Waals surface area contributed by atoms with Gasteiger partial charge in [0.1, 0.15) is 0 Å². The normalized spacial score (nSPS) is 13.2. The fourth-order valence-electron chi connectivity index (χ4n) is 2.08. The molecule has 0 unspecified atom stereocenters. The minimum absolute atomic E-state index is 0.0589. The SMILES string of the molecule is CC(=O)NCCOCCOCCN1C=C(COCCOCCNC(C)=O)NN1. The first kappa shape index (κ1) is 24.1. The number of amides is 2. The second-order valence-corrected chi connectivity index (χ2v) is 5.94. The Morgan fingerprint density at radius 1 is 0.857 bits per heavy atom. The molecule has 162 valence electrons. The van der Waals surface area contributed by atoms with E-state index >= 15 is 0 Å². The van der Waals surface area contributed by atoms with Gasteiger partial charge in [-0.3, -0.25) is 14.6 Å². The molecule has 1 aliphatic heterocycles. The van der Waals surface area contributed by atoms with Crippen LogP contribution in [0, 0.1) is 0 Å². The second-order valence-electron chi connectivity index (χ2n) is 5.94. The van der Waals surface area contributed by atoms with E-state index in [2.05, 4.69) is 21.6 Å². The van der Waals surface area contributed by atoms with Crippen LogP contribution < -0.4 is 21.6 Å². The summed E-state index contributed by atoms with van der Waals surface area (Å²) in [7, 11) is 0. The summed E-state index contributed by atoms with van der Waals surface area (Å²) in [6.45, 7) is 8.54. The fourth-order valence-corrected chi connectivity index (χ4v) is 2.08. The van der Waals surface area contributed by atoms with Crippen LogP contribution in [0.5, 0.6) is 0 Å². The molecule has 11 heteroatoms. The van der Waals surface area contributed by atoms with Gasteiger partial charge in [0.15, 0.2) is 0 Å². The molecule has 0 aromatic carbocycles. The van der Waals surface area contributed by atoms with Crippen molar-refractivity contribution in [3.8, 4) is 0 Å². The van der Waals surface area contributed by atoms with Gasteiger partial charge >= 0.3 is 0 Å². The first-order valence-corrected chi connectivity index (χ1v) is 9.37. The fraction of sp³-hybridized carbons (Fsp3) is 0.765. The highest BCUT2D eigenvalue weighted by Gasteiger charge is 2.10. The van der Waals surface area contributed by atoms with Crippen LogP contribution in [0.2, 0.25) is 0 Å². The number of carbonyl (C=O) groups is 2. The Labute approximate surface area is 166 Å². The minimum Gasteiger partial charge on any atom is -0.377 e. The van der Waals surface area contributed by atoms with Crippen LogP contribution in [0.25, 0.3) is 0 Å². The van der Waals surface area contributed by atoms with E-state index in [1.807, 2.05) is 11.2 Å². The summed E-state index contributed by atoms with van der Waals surface area (Å²) < 4.78 is 21.7. The zero-order valence-corrected chi connectivity index (χ0v) is 16.8. The number of carbonyl (C=O) groups excluding carboxylic acids is 2. The lowest BCUT2D eigenvalue weighted by molar-refractivity contribution is -0.120. The lowest BCUT2D eigenvalue weighted by atomic mass is 10.5. The number of hydrogen-bond donors (Lipinski definition) is 4. The first-order chi connectivity index (χ1) is 13.6. The predicted molar refractivity (Wildman–Crippen MR) is 102 cm³/mol. The Morgan fingerprint density at radius 3 is 1.96 bits per heavy atom. The molecule has 11 nitrogen and oxygen atoms in total. The van der Waals surface area contributed by atoms with E-state index in [1.165, 1.54) is 13.8 Å². The number of ether oxygens (including phenoxy) is 4. The molecule has 0 radical (unpaired) electrons. The molecule has 1 rings (SSSR count). The quantitative estimate of drug-likeness (QED) is 0.215. The van der Waals surface area contributed by atoms with E-state index in [4.69, 9.17) is 18.9 Å². The van der Waals surface area contributed by atoms with Crippen molar-refractivity contribution in [2.75, 3.05) is 72.5 Å². The predicted octanol–water partition coefficient (Wildman–Crippen LogP) is -1.51. The lowest BCUT2D eigenvalue weighted by Gasteiger charge is -2.14. The van der Waals surface area contributed by atoms with Crippen molar-refractivity contribution < 1.29 is 28.5 Å². The summed E-state index contributed by atoms with van der Waals surface area (Å²) >= 11 is 0. The average molecular weight is 403 g/mol. The summed E-state index contributed by atoms with van der Waals surface area (Å²) in [6, 6.07) is 0.